The summed E-state index contributed by atoms with van der Waals surface area (Å²) in [6.07, 6.45) is 0.454. The van der Waals surface area contributed by atoms with Gasteiger partial charge in [0.2, 0.25) is 0 Å². The highest BCUT2D eigenvalue weighted by atomic mass is 16.5. The first-order chi connectivity index (χ1) is 15.6. The van der Waals surface area contributed by atoms with E-state index in [1.165, 1.54) is 0 Å². The van der Waals surface area contributed by atoms with Crippen molar-refractivity contribution in [2.45, 2.75) is 6.42 Å². The van der Waals surface area contributed by atoms with Crippen LogP contribution in [0.2, 0.25) is 0 Å². The molecule has 0 radical (unpaired) electrons. The summed E-state index contributed by atoms with van der Waals surface area (Å²) >= 11 is 0. The number of carbonyl (C=O) groups is 2. The number of benzene rings is 2. The van der Waals surface area contributed by atoms with Crippen LogP contribution in [0.5, 0.6) is 0 Å². The average molecular weight is 435 g/mol. The van der Waals surface area contributed by atoms with Crippen LogP contribution < -0.4 is 5.32 Å². The molecule has 0 saturated carbocycles. The first-order valence-electron chi connectivity index (χ1n) is 10.5. The van der Waals surface area contributed by atoms with Crippen LogP contribution >= 0.6 is 0 Å². The van der Waals surface area contributed by atoms with Gasteiger partial charge in [-0.05, 0) is 36.4 Å². The molecule has 3 amide bonds. The maximum absolute atomic E-state index is 12.6. The van der Waals surface area contributed by atoms with E-state index in [4.69, 9.17) is 9.26 Å². The Kier molecular flexibility index (Phi) is 6.76. The number of nitrogens with one attached hydrogen (secondary N) is 1. The van der Waals surface area contributed by atoms with Crippen LogP contribution in [0.1, 0.15) is 16.2 Å². The Bertz CT molecular complexity index is 1050. The van der Waals surface area contributed by atoms with Crippen molar-refractivity contribution < 1.29 is 18.8 Å². The molecule has 32 heavy (non-hydrogen) atoms. The number of anilines is 1. The summed E-state index contributed by atoms with van der Waals surface area (Å²) in [6.45, 7) is 2.77. The molecule has 9 nitrogen and oxygen atoms in total. The second-order valence-electron chi connectivity index (χ2n) is 7.47. The number of morpholine rings is 1. The fourth-order valence-electron chi connectivity index (χ4n) is 3.29. The molecule has 3 aromatic rings. The third-order valence-electron chi connectivity index (χ3n) is 5.19. The summed E-state index contributed by atoms with van der Waals surface area (Å²) in [7, 11) is 1.71. The molecule has 0 unspecified atom stereocenters. The van der Waals surface area contributed by atoms with E-state index in [1.54, 1.807) is 41.1 Å². The van der Waals surface area contributed by atoms with Crippen LogP contribution in [-0.4, -0.2) is 71.8 Å². The van der Waals surface area contributed by atoms with Gasteiger partial charge in [-0.3, -0.25) is 4.79 Å². The minimum absolute atomic E-state index is 0.0112. The highest BCUT2D eigenvalue weighted by Gasteiger charge is 2.19. The lowest BCUT2D eigenvalue weighted by atomic mass is 10.1. The zero-order chi connectivity index (χ0) is 22.3. The monoisotopic (exact) mass is 435 g/mol. The van der Waals surface area contributed by atoms with Crippen LogP contribution in [0.4, 0.5) is 10.5 Å². The summed E-state index contributed by atoms with van der Waals surface area (Å²) in [6, 6.07) is 16.2. The number of amides is 3. The van der Waals surface area contributed by atoms with E-state index in [2.05, 4.69) is 15.5 Å². The summed E-state index contributed by atoms with van der Waals surface area (Å²) in [5, 5.41) is 6.84. The summed E-state index contributed by atoms with van der Waals surface area (Å²) < 4.78 is 10.7. The predicted octanol–water partition coefficient (Wildman–Crippen LogP) is 2.92. The third kappa shape index (κ3) is 5.30. The van der Waals surface area contributed by atoms with Gasteiger partial charge in [-0.15, -0.1) is 0 Å². The number of hydrogen-bond donors (Lipinski definition) is 1. The Labute approximate surface area is 186 Å². The molecule has 2 aromatic carbocycles. The lowest BCUT2D eigenvalue weighted by molar-refractivity contribution is 0.0303. The summed E-state index contributed by atoms with van der Waals surface area (Å²) in [5.74, 6) is 0.873. The number of carbonyl (C=O) groups excluding carboxylic acids is 2. The Hall–Kier alpha value is -3.72. The Balaban J connectivity index is 1.31. The van der Waals surface area contributed by atoms with Crippen molar-refractivity contribution in [2.75, 3.05) is 45.2 Å². The van der Waals surface area contributed by atoms with Crippen molar-refractivity contribution in [3.63, 3.8) is 0 Å². The molecule has 0 bridgehead atoms. The molecule has 1 aliphatic rings. The van der Waals surface area contributed by atoms with E-state index in [0.29, 0.717) is 56.5 Å². The van der Waals surface area contributed by atoms with E-state index in [-0.39, 0.29) is 11.9 Å². The molecule has 1 aromatic heterocycles. The molecule has 0 spiro atoms. The number of para-hydroxylation sites is 1. The van der Waals surface area contributed by atoms with Crippen LogP contribution in [-0.2, 0) is 11.2 Å². The number of rotatable bonds is 6. The quantitative estimate of drug-likeness (QED) is 0.639. The molecule has 4 rings (SSSR count). The second-order valence-corrected chi connectivity index (χ2v) is 7.47. The maximum Gasteiger partial charge on any atom is 0.321 e. The number of aromatic nitrogens is 2. The molecule has 1 saturated heterocycles. The first kappa shape index (κ1) is 21.5. The molecule has 0 atom stereocenters. The van der Waals surface area contributed by atoms with E-state index < -0.39 is 0 Å². The summed E-state index contributed by atoms with van der Waals surface area (Å²) in [5.41, 5.74) is 2.08. The molecular formula is C23H25N5O4. The molecular weight excluding hydrogens is 410 g/mol. The molecule has 166 valence electrons. The SMILES string of the molecule is CN(CCc1noc(-c2ccc(C(=O)N3CCOCC3)cc2)n1)C(=O)Nc1ccccc1. The molecule has 0 aliphatic carbocycles. The van der Waals surface area contributed by atoms with E-state index in [0.717, 1.165) is 11.3 Å². The minimum Gasteiger partial charge on any atom is -0.378 e. The molecule has 9 heteroatoms. The number of hydrogen-bond acceptors (Lipinski definition) is 6. The maximum atomic E-state index is 12.6. The highest BCUT2D eigenvalue weighted by molar-refractivity contribution is 5.94. The fraction of sp³-hybridized carbons (Fsp3) is 0.304. The number of ether oxygens (including phenoxy) is 1. The first-order valence-corrected chi connectivity index (χ1v) is 10.5. The van der Waals surface area contributed by atoms with Crippen molar-refractivity contribution in [3.8, 4) is 11.5 Å². The van der Waals surface area contributed by atoms with Gasteiger partial charge in [0.15, 0.2) is 5.82 Å². The van der Waals surface area contributed by atoms with Crippen LogP contribution in [0.3, 0.4) is 0 Å². The summed E-state index contributed by atoms with van der Waals surface area (Å²) in [4.78, 5) is 32.6. The predicted molar refractivity (Wildman–Crippen MR) is 118 cm³/mol. The smallest absolute Gasteiger partial charge is 0.321 e. The molecule has 1 aliphatic heterocycles. The van der Waals surface area contributed by atoms with Crippen molar-refractivity contribution >= 4 is 17.6 Å². The Morgan fingerprint density at radius 1 is 1.06 bits per heavy atom. The average Bonchev–Trinajstić information content (AvgIpc) is 3.32. The van der Waals surface area contributed by atoms with Gasteiger partial charge >= 0.3 is 6.03 Å². The van der Waals surface area contributed by atoms with Gasteiger partial charge in [-0.25, -0.2) is 4.79 Å². The van der Waals surface area contributed by atoms with Gasteiger partial charge in [0.1, 0.15) is 0 Å². The van der Waals surface area contributed by atoms with Crippen LogP contribution in [0.15, 0.2) is 59.1 Å². The standard InChI is InChI=1S/C23H25N5O4/c1-27(23(30)24-19-5-3-2-4-6-19)12-11-20-25-21(32-26-20)17-7-9-18(10-8-17)22(29)28-13-15-31-16-14-28/h2-10H,11-16H2,1H3,(H,24,30). The zero-order valence-corrected chi connectivity index (χ0v) is 17.9. The number of urea groups is 1. The highest BCUT2D eigenvalue weighted by Crippen LogP contribution is 2.19. The fourth-order valence-corrected chi connectivity index (χ4v) is 3.29. The van der Waals surface area contributed by atoms with E-state index in [9.17, 15) is 9.59 Å². The van der Waals surface area contributed by atoms with Crippen LogP contribution in [0, 0.1) is 0 Å². The van der Waals surface area contributed by atoms with E-state index in [1.807, 2.05) is 30.3 Å². The van der Waals surface area contributed by atoms with Gasteiger partial charge in [0, 0.05) is 49.9 Å². The van der Waals surface area contributed by atoms with Crippen molar-refractivity contribution in [1.82, 2.24) is 19.9 Å². The van der Waals surface area contributed by atoms with Crippen molar-refractivity contribution in [2.24, 2.45) is 0 Å². The van der Waals surface area contributed by atoms with Crippen molar-refractivity contribution in [1.29, 1.82) is 0 Å². The lowest BCUT2D eigenvalue weighted by Crippen LogP contribution is -2.40. The van der Waals surface area contributed by atoms with Gasteiger partial charge < -0.3 is 24.4 Å². The molecule has 1 fully saturated rings. The lowest BCUT2D eigenvalue weighted by Gasteiger charge is -2.26. The second kappa shape index (κ2) is 10.1. The topological polar surface area (TPSA) is 101 Å². The Morgan fingerprint density at radius 2 is 1.78 bits per heavy atom. The van der Waals surface area contributed by atoms with Crippen LogP contribution in [0.25, 0.3) is 11.5 Å². The van der Waals surface area contributed by atoms with Gasteiger partial charge in [-0.2, -0.15) is 4.98 Å². The number of likely N-dealkylation sites (N-methyl/N-ethyl adjacent to an activating group) is 1. The van der Waals surface area contributed by atoms with Gasteiger partial charge in [0.05, 0.1) is 13.2 Å². The van der Waals surface area contributed by atoms with Crippen molar-refractivity contribution in [3.05, 3.63) is 66.0 Å². The number of nitrogens with zero attached hydrogens (tertiary/aromatic N) is 4. The van der Waals surface area contributed by atoms with Gasteiger partial charge in [0.25, 0.3) is 11.8 Å². The molecule has 1 N–H and O–H groups in total. The molecule has 2 heterocycles. The normalized spacial score (nSPS) is 13.6. The largest absolute Gasteiger partial charge is 0.378 e. The van der Waals surface area contributed by atoms with Gasteiger partial charge in [-0.1, -0.05) is 23.4 Å². The minimum atomic E-state index is -0.208. The van der Waals surface area contributed by atoms with E-state index >= 15 is 0 Å². The third-order valence-corrected chi connectivity index (χ3v) is 5.19. The Morgan fingerprint density at radius 3 is 2.50 bits per heavy atom. The zero-order valence-electron chi connectivity index (χ0n) is 17.9.